The lowest BCUT2D eigenvalue weighted by atomic mass is 10.1. The molecule has 2 atom stereocenters. The Hall–Kier alpha value is -2.18. The molecule has 0 aromatic heterocycles. The molecule has 0 amide bonds. The van der Waals surface area contributed by atoms with E-state index >= 15 is 0 Å². The van der Waals surface area contributed by atoms with E-state index in [1.54, 1.807) is 30.3 Å². The third kappa shape index (κ3) is 4.91. The zero-order chi connectivity index (χ0) is 17.7. The van der Waals surface area contributed by atoms with Crippen molar-refractivity contribution in [3.63, 3.8) is 0 Å². The Balaban J connectivity index is 2.24. The van der Waals surface area contributed by atoms with Gasteiger partial charge in [0.1, 0.15) is 17.6 Å². The predicted octanol–water partition coefficient (Wildman–Crippen LogP) is 1.85. The van der Waals surface area contributed by atoms with Gasteiger partial charge in [0.2, 0.25) is 0 Å². The minimum Gasteiger partial charge on any atom is -0.508 e. The van der Waals surface area contributed by atoms with Crippen molar-refractivity contribution in [2.24, 2.45) is 0 Å². The van der Waals surface area contributed by atoms with Crippen LogP contribution in [0, 0.1) is 0 Å². The van der Waals surface area contributed by atoms with Crippen molar-refractivity contribution in [1.82, 2.24) is 5.32 Å². The molecule has 0 spiro atoms. The second-order valence-corrected chi connectivity index (χ2v) is 7.02. The van der Waals surface area contributed by atoms with Gasteiger partial charge in [0.05, 0.1) is 0 Å². The molecule has 0 aliphatic heterocycles. The standard InChI is InChI=1S/C16H18NO6P/c18-13-8-6-11(7-9-13)10-14(16(19)20)17-15(24(21,22)23)12-4-2-1-3-5-12/h1-9,14-15,17-18H,10H2,(H,19,20)(H2,21,22,23)/t14-,15+/m0/s1. The summed E-state index contributed by atoms with van der Waals surface area (Å²) in [7, 11) is -4.62. The molecule has 0 heterocycles. The van der Waals surface area contributed by atoms with Crippen molar-refractivity contribution in [1.29, 1.82) is 0 Å². The Bertz CT molecular complexity index is 728. The number of aliphatic carboxylic acids is 1. The maximum absolute atomic E-state index is 11.8. The summed E-state index contributed by atoms with van der Waals surface area (Å²) in [4.78, 5) is 30.7. The van der Waals surface area contributed by atoms with Crippen LogP contribution in [0.5, 0.6) is 5.75 Å². The fourth-order valence-electron chi connectivity index (χ4n) is 2.30. The smallest absolute Gasteiger partial charge is 0.346 e. The quantitative estimate of drug-likeness (QED) is 0.482. The SMILES string of the molecule is O=C(O)[C@H](Cc1ccc(O)cc1)N[C@@H](c1ccccc1)P(=O)(O)O. The zero-order valence-electron chi connectivity index (χ0n) is 12.6. The lowest BCUT2D eigenvalue weighted by molar-refractivity contribution is -0.139. The van der Waals surface area contributed by atoms with Crippen LogP contribution in [-0.4, -0.2) is 32.0 Å². The minimum absolute atomic E-state index is 0.0128. The molecule has 2 rings (SSSR count). The fourth-order valence-corrected chi connectivity index (χ4v) is 3.23. The molecule has 0 fully saturated rings. The molecule has 2 aromatic carbocycles. The number of carbonyl (C=O) groups is 1. The molecule has 128 valence electrons. The average Bonchev–Trinajstić information content (AvgIpc) is 2.52. The van der Waals surface area contributed by atoms with E-state index in [0.29, 0.717) is 11.1 Å². The van der Waals surface area contributed by atoms with E-state index in [-0.39, 0.29) is 12.2 Å². The van der Waals surface area contributed by atoms with Crippen LogP contribution in [0.15, 0.2) is 54.6 Å². The molecule has 0 saturated heterocycles. The van der Waals surface area contributed by atoms with Crippen molar-refractivity contribution in [2.45, 2.75) is 18.2 Å². The highest BCUT2D eigenvalue weighted by molar-refractivity contribution is 7.52. The lowest BCUT2D eigenvalue weighted by Crippen LogP contribution is -2.40. The first-order valence-electron chi connectivity index (χ1n) is 7.14. The first kappa shape index (κ1) is 18.2. The highest BCUT2D eigenvalue weighted by Crippen LogP contribution is 2.50. The Morgan fingerprint density at radius 3 is 2.12 bits per heavy atom. The Labute approximate surface area is 138 Å². The van der Waals surface area contributed by atoms with Crippen LogP contribution < -0.4 is 5.32 Å². The van der Waals surface area contributed by atoms with Gasteiger partial charge in [-0.15, -0.1) is 0 Å². The molecule has 0 aliphatic rings. The molecular formula is C16H18NO6P. The van der Waals surface area contributed by atoms with Crippen molar-refractivity contribution >= 4 is 13.6 Å². The van der Waals surface area contributed by atoms with Gasteiger partial charge in [-0.3, -0.25) is 14.7 Å². The lowest BCUT2D eigenvalue weighted by Gasteiger charge is -2.24. The summed E-state index contributed by atoms with van der Waals surface area (Å²) in [5.41, 5.74) is 0.924. The fraction of sp³-hybridized carbons (Fsp3) is 0.188. The molecule has 8 heteroatoms. The Morgan fingerprint density at radius 2 is 1.62 bits per heavy atom. The summed E-state index contributed by atoms with van der Waals surface area (Å²) >= 11 is 0. The van der Waals surface area contributed by atoms with Gasteiger partial charge in [0, 0.05) is 0 Å². The summed E-state index contributed by atoms with van der Waals surface area (Å²) in [5, 5.41) is 21.2. The topological polar surface area (TPSA) is 127 Å². The van der Waals surface area contributed by atoms with E-state index in [2.05, 4.69) is 5.32 Å². The maximum atomic E-state index is 11.8. The summed E-state index contributed by atoms with van der Waals surface area (Å²) < 4.78 is 11.8. The Kier molecular flexibility index (Phi) is 5.75. The largest absolute Gasteiger partial charge is 0.508 e. The molecule has 2 aromatic rings. The van der Waals surface area contributed by atoms with E-state index in [1.165, 1.54) is 24.3 Å². The van der Waals surface area contributed by atoms with Gasteiger partial charge < -0.3 is 20.0 Å². The van der Waals surface area contributed by atoms with Gasteiger partial charge in [-0.1, -0.05) is 42.5 Å². The van der Waals surface area contributed by atoms with E-state index in [0.717, 1.165) is 0 Å². The first-order valence-corrected chi connectivity index (χ1v) is 8.82. The number of rotatable bonds is 7. The third-order valence-electron chi connectivity index (χ3n) is 3.48. The number of hydrogen-bond donors (Lipinski definition) is 5. The van der Waals surface area contributed by atoms with Crippen LogP contribution in [0.4, 0.5) is 0 Å². The van der Waals surface area contributed by atoms with E-state index in [4.69, 9.17) is 0 Å². The second-order valence-electron chi connectivity index (χ2n) is 5.33. The van der Waals surface area contributed by atoms with E-state index in [1.807, 2.05) is 0 Å². The molecule has 5 N–H and O–H groups in total. The molecule has 0 aliphatic carbocycles. The molecular weight excluding hydrogens is 333 g/mol. The van der Waals surface area contributed by atoms with Crippen molar-refractivity contribution in [3.05, 3.63) is 65.7 Å². The Morgan fingerprint density at radius 1 is 1.04 bits per heavy atom. The van der Waals surface area contributed by atoms with Crippen molar-refractivity contribution in [3.8, 4) is 5.75 Å². The predicted molar refractivity (Wildman–Crippen MR) is 87.6 cm³/mol. The number of nitrogens with one attached hydrogen (secondary N) is 1. The summed E-state index contributed by atoms with van der Waals surface area (Å²) in [6.45, 7) is 0. The van der Waals surface area contributed by atoms with Crippen molar-refractivity contribution in [2.75, 3.05) is 0 Å². The minimum atomic E-state index is -4.62. The maximum Gasteiger partial charge on any atom is 0.346 e. The van der Waals surface area contributed by atoms with Gasteiger partial charge in [-0.2, -0.15) is 0 Å². The zero-order valence-corrected chi connectivity index (χ0v) is 13.5. The monoisotopic (exact) mass is 351 g/mol. The molecule has 7 nitrogen and oxygen atoms in total. The van der Waals surface area contributed by atoms with Crippen LogP contribution in [0.3, 0.4) is 0 Å². The normalized spacial score (nSPS) is 14.1. The average molecular weight is 351 g/mol. The van der Waals surface area contributed by atoms with Gasteiger partial charge in [-0.25, -0.2) is 0 Å². The van der Waals surface area contributed by atoms with Crippen LogP contribution in [0.1, 0.15) is 16.9 Å². The number of carboxylic acid groups (broad SMARTS) is 1. The molecule has 24 heavy (non-hydrogen) atoms. The highest BCUT2D eigenvalue weighted by Gasteiger charge is 2.34. The van der Waals surface area contributed by atoms with Crippen molar-refractivity contribution < 1.29 is 29.4 Å². The number of phenols is 1. The number of phenolic OH excluding ortho intramolecular Hbond substituents is 1. The van der Waals surface area contributed by atoms with Gasteiger partial charge in [-0.05, 0) is 29.7 Å². The van der Waals surface area contributed by atoms with Crippen LogP contribution in [-0.2, 0) is 15.8 Å². The number of carboxylic acids is 1. The van der Waals surface area contributed by atoms with Gasteiger partial charge >= 0.3 is 13.6 Å². The van der Waals surface area contributed by atoms with E-state index in [9.17, 15) is 29.4 Å². The number of aromatic hydroxyl groups is 1. The number of hydrogen-bond acceptors (Lipinski definition) is 4. The summed E-state index contributed by atoms with van der Waals surface area (Å²) in [6, 6.07) is 12.7. The molecule has 0 bridgehead atoms. The first-order chi connectivity index (χ1) is 11.3. The molecule has 0 unspecified atom stereocenters. The van der Waals surface area contributed by atoms with E-state index < -0.39 is 25.4 Å². The summed E-state index contributed by atoms with van der Waals surface area (Å²) in [5.74, 6) is -2.59. The van der Waals surface area contributed by atoms with Crippen LogP contribution in [0.2, 0.25) is 0 Å². The van der Waals surface area contributed by atoms with Crippen LogP contribution >= 0.6 is 7.60 Å². The summed E-state index contributed by atoms with van der Waals surface area (Å²) in [6.07, 6.45) is 0.0128. The highest BCUT2D eigenvalue weighted by atomic mass is 31.2. The molecule has 0 radical (unpaired) electrons. The molecule has 0 saturated carbocycles. The second kappa shape index (κ2) is 7.59. The number of benzene rings is 2. The van der Waals surface area contributed by atoms with Crippen LogP contribution in [0.25, 0.3) is 0 Å². The third-order valence-corrected chi connectivity index (χ3v) is 4.60. The van der Waals surface area contributed by atoms with Gasteiger partial charge in [0.25, 0.3) is 0 Å². The van der Waals surface area contributed by atoms with Gasteiger partial charge in [0.15, 0.2) is 0 Å².